The number of rotatable bonds is 3. The molecule has 0 aliphatic rings. The van der Waals surface area contributed by atoms with E-state index in [1.54, 1.807) is 13.8 Å². The molecule has 0 bridgehead atoms. The number of carbonyl (C=O) groups excluding carboxylic acids is 1. The molecule has 0 aromatic heterocycles. The zero-order valence-electron chi connectivity index (χ0n) is 8.20. The molecule has 0 aliphatic heterocycles. The summed E-state index contributed by atoms with van der Waals surface area (Å²) in [4.78, 5) is 10.7. The minimum atomic E-state index is -0.902. The second kappa shape index (κ2) is 3.88. The molecular weight excluding hydrogens is 183 g/mol. The quantitative estimate of drug-likeness (QED) is 0.751. The molecular formula is C11H13FO2. The molecule has 0 saturated heterocycles. The number of halogens is 1. The molecule has 1 unspecified atom stereocenters. The molecule has 0 amide bonds. The number of carbonyl (C=O) groups is 1. The van der Waals surface area contributed by atoms with Crippen LogP contribution in [0.25, 0.3) is 0 Å². The highest BCUT2D eigenvalue weighted by Crippen LogP contribution is 2.30. The first-order chi connectivity index (χ1) is 6.47. The first-order valence-corrected chi connectivity index (χ1v) is 4.37. The van der Waals surface area contributed by atoms with E-state index in [0.29, 0.717) is 11.8 Å². The molecule has 1 aromatic carbocycles. The van der Waals surface area contributed by atoms with E-state index in [1.807, 2.05) is 0 Å². The molecule has 2 nitrogen and oxygen atoms in total. The molecule has 1 N–H and O–H groups in total. The van der Waals surface area contributed by atoms with Gasteiger partial charge in [0, 0.05) is 0 Å². The number of hydrogen-bond donors (Lipinski definition) is 1. The van der Waals surface area contributed by atoms with Gasteiger partial charge in [0.1, 0.15) is 12.1 Å². The van der Waals surface area contributed by atoms with Crippen LogP contribution in [0.2, 0.25) is 0 Å². The van der Waals surface area contributed by atoms with Crippen molar-refractivity contribution >= 4 is 6.29 Å². The Morgan fingerprint density at radius 1 is 1.36 bits per heavy atom. The molecule has 1 aromatic rings. The lowest BCUT2D eigenvalue weighted by Gasteiger charge is -2.24. The Morgan fingerprint density at radius 3 is 2.29 bits per heavy atom. The van der Waals surface area contributed by atoms with Gasteiger partial charge in [0.25, 0.3) is 0 Å². The van der Waals surface area contributed by atoms with Crippen molar-refractivity contribution in [2.45, 2.75) is 20.0 Å². The summed E-state index contributed by atoms with van der Waals surface area (Å²) in [6.07, 6.45) is -0.207. The molecule has 14 heavy (non-hydrogen) atoms. The van der Waals surface area contributed by atoms with Crippen LogP contribution in [-0.2, 0) is 4.79 Å². The highest BCUT2D eigenvalue weighted by Gasteiger charge is 2.28. The predicted molar refractivity (Wildman–Crippen MR) is 51.2 cm³/mol. The van der Waals surface area contributed by atoms with Crippen LogP contribution in [-0.4, -0.2) is 11.4 Å². The Bertz CT molecular complexity index is 317. The summed E-state index contributed by atoms with van der Waals surface area (Å²) in [5.41, 5.74) is -0.304. The maximum atomic E-state index is 12.6. The first kappa shape index (κ1) is 10.9. The SMILES string of the molecule is CC(C)(C=O)C(O)c1ccc(F)cc1. The Kier molecular flexibility index (Phi) is 3.01. The number of hydrogen-bond acceptors (Lipinski definition) is 2. The summed E-state index contributed by atoms with van der Waals surface area (Å²) in [5.74, 6) is -0.357. The van der Waals surface area contributed by atoms with Crippen molar-refractivity contribution in [3.05, 3.63) is 35.6 Å². The Morgan fingerprint density at radius 2 is 1.86 bits per heavy atom. The van der Waals surface area contributed by atoms with E-state index in [-0.39, 0.29) is 5.82 Å². The normalized spacial score (nSPS) is 13.7. The molecule has 1 rings (SSSR count). The van der Waals surface area contributed by atoms with E-state index >= 15 is 0 Å². The fraction of sp³-hybridized carbons (Fsp3) is 0.364. The lowest BCUT2D eigenvalue weighted by Crippen LogP contribution is -2.23. The fourth-order valence-corrected chi connectivity index (χ4v) is 1.14. The van der Waals surface area contributed by atoms with Crippen LogP contribution in [0.4, 0.5) is 4.39 Å². The first-order valence-electron chi connectivity index (χ1n) is 4.37. The molecule has 0 spiro atoms. The van der Waals surface area contributed by atoms with Gasteiger partial charge in [0.2, 0.25) is 0 Å². The van der Waals surface area contributed by atoms with Crippen LogP contribution >= 0.6 is 0 Å². The van der Waals surface area contributed by atoms with Gasteiger partial charge in [0.15, 0.2) is 0 Å². The van der Waals surface area contributed by atoms with E-state index < -0.39 is 11.5 Å². The average molecular weight is 196 g/mol. The van der Waals surface area contributed by atoms with Crippen molar-refractivity contribution < 1.29 is 14.3 Å². The maximum Gasteiger partial charge on any atom is 0.128 e. The van der Waals surface area contributed by atoms with Crippen LogP contribution in [0.3, 0.4) is 0 Å². The van der Waals surface area contributed by atoms with Crippen LogP contribution in [0, 0.1) is 11.2 Å². The van der Waals surface area contributed by atoms with Crippen LogP contribution in [0.1, 0.15) is 25.5 Å². The Labute approximate surface area is 82.4 Å². The van der Waals surface area contributed by atoms with Crippen molar-refractivity contribution in [1.29, 1.82) is 0 Å². The number of aldehydes is 1. The third-order valence-corrected chi connectivity index (χ3v) is 2.19. The highest BCUT2D eigenvalue weighted by molar-refractivity contribution is 5.59. The van der Waals surface area contributed by atoms with Crippen LogP contribution in [0.5, 0.6) is 0 Å². The lowest BCUT2D eigenvalue weighted by molar-refractivity contribution is -0.120. The third kappa shape index (κ3) is 2.17. The van der Waals surface area contributed by atoms with Gasteiger partial charge in [-0.3, -0.25) is 0 Å². The standard InChI is InChI=1S/C11H13FO2/c1-11(2,7-13)10(14)8-3-5-9(12)6-4-8/h3-7,10,14H,1-2H3. The van der Waals surface area contributed by atoms with Gasteiger partial charge in [-0.15, -0.1) is 0 Å². The second-order valence-electron chi connectivity index (χ2n) is 3.89. The highest BCUT2D eigenvalue weighted by atomic mass is 19.1. The summed E-state index contributed by atoms with van der Waals surface area (Å²) in [5, 5.41) is 9.79. The van der Waals surface area contributed by atoms with E-state index in [4.69, 9.17) is 0 Å². The number of aliphatic hydroxyl groups is 1. The minimum absolute atomic E-state index is 0.357. The molecule has 0 saturated carbocycles. The average Bonchev–Trinajstić information content (AvgIpc) is 2.18. The topological polar surface area (TPSA) is 37.3 Å². The summed E-state index contributed by atoms with van der Waals surface area (Å²) in [6, 6.07) is 5.48. The summed E-state index contributed by atoms with van der Waals surface area (Å²) in [6.45, 7) is 3.27. The molecule has 0 aliphatic carbocycles. The van der Waals surface area contributed by atoms with Crippen molar-refractivity contribution in [1.82, 2.24) is 0 Å². The van der Waals surface area contributed by atoms with E-state index in [9.17, 15) is 14.3 Å². The smallest absolute Gasteiger partial charge is 0.128 e. The zero-order valence-corrected chi connectivity index (χ0v) is 8.20. The van der Waals surface area contributed by atoms with Crippen molar-refractivity contribution in [2.75, 3.05) is 0 Å². The number of aliphatic hydroxyl groups excluding tert-OH is 1. The van der Waals surface area contributed by atoms with E-state index in [2.05, 4.69) is 0 Å². The van der Waals surface area contributed by atoms with Gasteiger partial charge < -0.3 is 9.90 Å². The van der Waals surface area contributed by atoms with Gasteiger partial charge in [-0.1, -0.05) is 26.0 Å². The summed E-state index contributed by atoms with van der Waals surface area (Å²) < 4.78 is 12.6. The summed E-state index contributed by atoms with van der Waals surface area (Å²) >= 11 is 0. The van der Waals surface area contributed by atoms with Gasteiger partial charge in [-0.05, 0) is 17.7 Å². The molecule has 0 heterocycles. The molecule has 0 radical (unpaired) electrons. The zero-order chi connectivity index (χ0) is 10.8. The number of benzene rings is 1. The molecule has 0 fully saturated rings. The van der Waals surface area contributed by atoms with Crippen LogP contribution < -0.4 is 0 Å². The van der Waals surface area contributed by atoms with Crippen LogP contribution in [0.15, 0.2) is 24.3 Å². The minimum Gasteiger partial charge on any atom is -0.387 e. The van der Waals surface area contributed by atoms with Gasteiger partial charge in [0.05, 0.1) is 11.5 Å². The molecule has 3 heteroatoms. The molecule has 76 valence electrons. The van der Waals surface area contributed by atoms with Gasteiger partial charge in [-0.25, -0.2) is 4.39 Å². The predicted octanol–water partition coefficient (Wildman–Crippen LogP) is 2.08. The molecule has 1 atom stereocenters. The maximum absolute atomic E-state index is 12.6. The summed E-state index contributed by atoms with van der Waals surface area (Å²) in [7, 11) is 0. The van der Waals surface area contributed by atoms with Gasteiger partial charge >= 0.3 is 0 Å². The Balaban J connectivity index is 2.95. The van der Waals surface area contributed by atoms with Crippen molar-refractivity contribution in [3.63, 3.8) is 0 Å². The second-order valence-corrected chi connectivity index (χ2v) is 3.89. The monoisotopic (exact) mass is 196 g/mol. The van der Waals surface area contributed by atoms with E-state index in [1.165, 1.54) is 24.3 Å². The van der Waals surface area contributed by atoms with Crippen molar-refractivity contribution in [3.8, 4) is 0 Å². The van der Waals surface area contributed by atoms with Gasteiger partial charge in [-0.2, -0.15) is 0 Å². The lowest BCUT2D eigenvalue weighted by atomic mass is 9.84. The fourth-order valence-electron chi connectivity index (χ4n) is 1.14. The van der Waals surface area contributed by atoms with Crippen molar-refractivity contribution in [2.24, 2.45) is 5.41 Å². The van der Waals surface area contributed by atoms with E-state index in [0.717, 1.165) is 0 Å². The Hall–Kier alpha value is -1.22. The largest absolute Gasteiger partial charge is 0.387 e. The third-order valence-electron chi connectivity index (χ3n) is 2.19.